The van der Waals surface area contributed by atoms with Gasteiger partial charge in [-0.1, -0.05) is 54.9 Å². The molecule has 3 heteroatoms. The second-order valence-electron chi connectivity index (χ2n) is 5.39. The lowest BCUT2D eigenvalue weighted by Gasteiger charge is -2.27. The van der Waals surface area contributed by atoms with Gasteiger partial charge in [-0.25, -0.2) is 0 Å². The van der Waals surface area contributed by atoms with Gasteiger partial charge in [0.05, 0.1) is 0 Å². The summed E-state index contributed by atoms with van der Waals surface area (Å²) >= 11 is 5.95. The van der Waals surface area contributed by atoms with Crippen molar-refractivity contribution in [1.29, 1.82) is 0 Å². The Labute approximate surface area is 132 Å². The van der Waals surface area contributed by atoms with E-state index in [0.717, 1.165) is 18.0 Å². The average Bonchev–Trinajstić information content (AvgIpc) is 2.50. The van der Waals surface area contributed by atoms with E-state index in [0.29, 0.717) is 6.54 Å². The van der Waals surface area contributed by atoms with Crippen LogP contribution in [0.5, 0.6) is 0 Å². The minimum absolute atomic E-state index is 0.202. The fourth-order valence-electron chi connectivity index (χ4n) is 2.53. The summed E-state index contributed by atoms with van der Waals surface area (Å²) in [4.78, 5) is 2.28. The van der Waals surface area contributed by atoms with E-state index in [1.807, 2.05) is 12.1 Å². The summed E-state index contributed by atoms with van der Waals surface area (Å²) in [5.41, 5.74) is 9.85. The monoisotopic (exact) mass is 302 g/mol. The van der Waals surface area contributed by atoms with Crippen LogP contribution < -0.4 is 5.73 Å². The molecule has 1 atom stereocenters. The molecular formula is C18H23ClN2. The summed E-state index contributed by atoms with van der Waals surface area (Å²) in [6.45, 7) is 3.64. The molecule has 21 heavy (non-hydrogen) atoms. The van der Waals surface area contributed by atoms with Crippen LogP contribution in [0.1, 0.15) is 29.7 Å². The van der Waals surface area contributed by atoms with Gasteiger partial charge in [0, 0.05) is 24.2 Å². The van der Waals surface area contributed by atoms with Gasteiger partial charge < -0.3 is 5.73 Å². The largest absolute Gasteiger partial charge is 0.329 e. The van der Waals surface area contributed by atoms with Crippen LogP contribution in [0.25, 0.3) is 0 Å². The first-order chi connectivity index (χ1) is 10.1. The number of hydrogen-bond donors (Lipinski definition) is 1. The molecule has 0 saturated heterocycles. The molecule has 0 fully saturated rings. The van der Waals surface area contributed by atoms with E-state index in [1.165, 1.54) is 16.7 Å². The minimum atomic E-state index is 0.202. The van der Waals surface area contributed by atoms with Crippen LogP contribution in [0.4, 0.5) is 0 Å². The van der Waals surface area contributed by atoms with E-state index in [2.05, 4.69) is 55.3 Å². The highest BCUT2D eigenvalue weighted by Gasteiger charge is 2.15. The zero-order valence-corrected chi connectivity index (χ0v) is 13.5. The second kappa shape index (κ2) is 7.60. The van der Waals surface area contributed by atoms with Crippen molar-refractivity contribution in [2.45, 2.75) is 25.9 Å². The van der Waals surface area contributed by atoms with Gasteiger partial charge in [-0.3, -0.25) is 4.90 Å². The molecule has 2 aromatic carbocycles. The highest BCUT2D eigenvalue weighted by atomic mass is 35.5. The Bertz CT molecular complexity index is 548. The van der Waals surface area contributed by atoms with Crippen LogP contribution in [0, 0.1) is 0 Å². The number of likely N-dealkylation sites (N-methyl/N-ethyl adjacent to an activating group) is 1. The molecule has 2 aromatic rings. The molecule has 0 radical (unpaired) electrons. The molecule has 0 aliphatic rings. The highest BCUT2D eigenvalue weighted by Crippen LogP contribution is 2.22. The number of hydrogen-bond acceptors (Lipinski definition) is 2. The van der Waals surface area contributed by atoms with Crippen LogP contribution in [0.2, 0.25) is 5.02 Å². The van der Waals surface area contributed by atoms with Gasteiger partial charge >= 0.3 is 0 Å². The summed E-state index contributed by atoms with van der Waals surface area (Å²) in [5.74, 6) is 0. The molecule has 112 valence electrons. The number of benzene rings is 2. The van der Waals surface area contributed by atoms with E-state index in [-0.39, 0.29) is 6.04 Å². The lowest BCUT2D eigenvalue weighted by atomic mass is 10.0. The fraction of sp³-hybridized carbons (Fsp3) is 0.333. The van der Waals surface area contributed by atoms with Crippen LogP contribution in [0.3, 0.4) is 0 Å². The molecule has 2 rings (SSSR count). The Hall–Kier alpha value is -1.35. The summed E-state index contributed by atoms with van der Waals surface area (Å²) in [6, 6.07) is 16.9. The van der Waals surface area contributed by atoms with Crippen LogP contribution in [-0.2, 0) is 13.0 Å². The summed E-state index contributed by atoms with van der Waals surface area (Å²) < 4.78 is 0. The number of halogens is 1. The second-order valence-corrected chi connectivity index (χ2v) is 5.82. The Balaban J connectivity index is 2.08. The third kappa shape index (κ3) is 4.31. The Morgan fingerprint density at radius 1 is 1.00 bits per heavy atom. The first-order valence-corrected chi connectivity index (χ1v) is 7.75. The van der Waals surface area contributed by atoms with Crippen molar-refractivity contribution in [3.05, 3.63) is 70.2 Å². The predicted molar refractivity (Wildman–Crippen MR) is 90.5 cm³/mol. The molecule has 0 bridgehead atoms. The summed E-state index contributed by atoms with van der Waals surface area (Å²) in [7, 11) is 2.11. The maximum absolute atomic E-state index is 5.97. The Morgan fingerprint density at radius 2 is 1.57 bits per heavy atom. The smallest absolute Gasteiger partial charge is 0.0470 e. The quantitative estimate of drug-likeness (QED) is 0.873. The minimum Gasteiger partial charge on any atom is -0.329 e. The van der Waals surface area contributed by atoms with Crippen molar-refractivity contribution < 1.29 is 0 Å². The van der Waals surface area contributed by atoms with Crippen molar-refractivity contribution in [2.75, 3.05) is 13.6 Å². The lowest BCUT2D eigenvalue weighted by molar-refractivity contribution is 0.242. The first kappa shape index (κ1) is 16.0. The van der Waals surface area contributed by atoms with Crippen molar-refractivity contribution in [3.8, 4) is 0 Å². The molecule has 2 nitrogen and oxygen atoms in total. The molecule has 0 heterocycles. The molecule has 0 amide bonds. The molecule has 2 N–H and O–H groups in total. The molecular weight excluding hydrogens is 280 g/mol. The van der Waals surface area contributed by atoms with Gasteiger partial charge in [0.1, 0.15) is 0 Å². The van der Waals surface area contributed by atoms with E-state index < -0.39 is 0 Å². The SMILES string of the molecule is CCc1ccc(CN(C)C(CN)c2ccc(Cl)cc2)cc1. The van der Waals surface area contributed by atoms with Gasteiger partial charge in [-0.2, -0.15) is 0 Å². The van der Waals surface area contributed by atoms with Gasteiger partial charge in [0.25, 0.3) is 0 Å². The average molecular weight is 303 g/mol. The fourth-order valence-corrected chi connectivity index (χ4v) is 2.66. The van der Waals surface area contributed by atoms with Crippen LogP contribution in [0.15, 0.2) is 48.5 Å². The van der Waals surface area contributed by atoms with E-state index >= 15 is 0 Å². The highest BCUT2D eigenvalue weighted by molar-refractivity contribution is 6.30. The van der Waals surface area contributed by atoms with Gasteiger partial charge in [-0.15, -0.1) is 0 Å². The number of aryl methyl sites for hydroxylation is 1. The van der Waals surface area contributed by atoms with E-state index in [9.17, 15) is 0 Å². The normalized spacial score (nSPS) is 12.6. The van der Waals surface area contributed by atoms with E-state index in [4.69, 9.17) is 17.3 Å². The van der Waals surface area contributed by atoms with Crippen molar-refractivity contribution in [3.63, 3.8) is 0 Å². The van der Waals surface area contributed by atoms with Crippen LogP contribution in [-0.4, -0.2) is 18.5 Å². The summed E-state index contributed by atoms with van der Waals surface area (Å²) in [6.07, 6.45) is 1.08. The van der Waals surface area contributed by atoms with Crippen LogP contribution >= 0.6 is 11.6 Å². The molecule has 0 aliphatic heterocycles. The molecule has 1 unspecified atom stereocenters. The lowest BCUT2D eigenvalue weighted by Crippen LogP contribution is -2.30. The number of nitrogens with zero attached hydrogens (tertiary/aromatic N) is 1. The number of nitrogens with two attached hydrogens (primary N) is 1. The topological polar surface area (TPSA) is 29.3 Å². The number of rotatable bonds is 6. The molecule has 0 saturated carbocycles. The maximum Gasteiger partial charge on any atom is 0.0470 e. The maximum atomic E-state index is 5.97. The first-order valence-electron chi connectivity index (χ1n) is 7.37. The van der Waals surface area contributed by atoms with Crippen molar-refractivity contribution in [2.24, 2.45) is 5.73 Å². The van der Waals surface area contributed by atoms with Gasteiger partial charge in [0.2, 0.25) is 0 Å². The third-order valence-corrected chi connectivity index (χ3v) is 4.13. The molecule has 0 aliphatic carbocycles. The van der Waals surface area contributed by atoms with Crippen molar-refractivity contribution in [1.82, 2.24) is 4.90 Å². The Morgan fingerprint density at radius 3 is 2.10 bits per heavy atom. The van der Waals surface area contributed by atoms with E-state index in [1.54, 1.807) is 0 Å². The van der Waals surface area contributed by atoms with Gasteiger partial charge in [-0.05, 0) is 42.3 Å². The zero-order chi connectivity index (χ0) is 15.2. The standard InChI is InChI=1S/C18H23ClN2/c1-3-14-4-6-15(7-5-14)13-21(2)18(12-20)16-8-10-17(19)11-9-16/h4-11,18H,3,12-13,20H2,1-2H3. The third-order valence-electron chi connectivity index (χ3n) is 3.87. The molecule has 0 aromatic heterocycles. The summed E-state index contributed by atoms with van der Waals surface area (Å²) in [5, 5.41) is 0.757. The predicted octanol–water partition coefficient (Wildman–Crippen LogP) is 4.03. The Kier molecular flexibility index (Phi) is 5.80. The van der Waals surface area contributed by atoms with Gasteiger partial charge in [0.15, 0.2) is 0 Å². The van der Waals surface area contributed by atoms with Crippen molar-refractivity contribution >= 4 is 11.6 Å². The zero-order valence-electron chi connectivity index (χ0n) is 12.7. The molecule has 0 spiro atoms.